The Morgan fingerprint density at radius 2 is 2.12 bits per heavy atom. The van der Waals surface area contributed by atoms with Gasteiger partial charge in [0.25, 0.3) is 5.91 Å². The summed E-state index contributed by atoms with van der Waals surface area (Å²) in [5, 5.41) is 12.6. The summed E-state index contributed by atoms with van der Waals surface area (Å²) in [5.74, 6) is -0.00376. The molecule has 1 N–H and O–H groups in total. The minimum Gasteiger partial charge on any atom is -0.337 e. The zero-order valence-corrected chi connectivity index (χ0v) is 15.8. The van der Waals surface area contributed by atoms with Gasteiger partial charge in [0, 0.05) is 24.7 Å². The summed E-state index contributed by atoms with van der Waals surface area (Å²) < 4.78 is 1.73. The van der Waals surface area contributed by atoms with E-state index in [2.05, 4.69) is 15.6 Å². The Morgan fingerprint density at radius 3 is 2.77 bits per heavy atom. The Kier molecular flexibility index (Phi) is 4.71. The predicted molar refractivity (Wildman–Crippen MR) is 101 cm³/mol. The van der Waals surface area contributed by atoms with Crippen molar-refractivity contribution >= 4 is 17.5 Å². The van der Waals surface area contributed by atoms with Crippen LogP contribution in [0, 0.1) is 5.41 Å². The van der Waals surface area contributed by atoms with E-state index in [1.165, 1.54) is 6.42 Å². The van der Waals surface area contributed by atoms with E-state index >= 15 is 0 Å². The number of amides is 1. The summed E-state index contributed by atoms with van der Waals surface area (Å²) in [5.41, 5.74) is 2.52. The van der Waals surface area contributed by atoms with Crippen molar-refractivity contribution in [3.8, 4) is 5.69 Å². The molecule has 1 spiro atoms. The SMILES string of the molecule is CCc1c(C(=O)N2CCC3(CCNC3)CC2)nnn1-c1cccc(Cl)c1. The molecule has 2 aliphatic rings. The Labute approximate surface area is 158 Å². The lowest BCUT2D eigenvalue weighted by Crippen LogP contribution is -2.44. The van der Waals surface area contributed by atoms with Gasteiger partial charge in [0.1, 0.15) is 0 Å². The van der Waals surface area contributed by atoms with Crippen LogP contribution in [-0.2, 0) is 6.42 Å². The van der Waals surface area contributed by atoms with Crippen LogP contribution in [0.2, 0.25) is 5.02 Å². The number of piperidine rings is 1. The standard InChI is InChI=1S/C19H24ClN5O/c1-2-16-17(22-23-25(16)15-5-3-4-14(20)12-15)18(26)24-10-7-19(8-11-24)6-9-21-13-19/h3-5,12,21H,2,6-11,13H2,1H3. The van der Waals surface area contributed by atoms with E-state index in [4.69, 9.17) is 11.6 Å². The summed E-state index contributed by atoms with van der Waals surface area (Å²) in [6.07, 6.45) is 4.04. The van der Waals surface area contributed by atoms with Gasteiger partial charge < -0.3 is 10.2 Å². The fourth-order valence-electron chi connectivity index (χ4n) is 4.16. The van der Waals surface area contributed by atoms with E-state index in [1.807, 2.05) is 36.1 Å². The quantitative estimate of drug-likeness (QED) is 0.898. The lowest BCUT2D eigenvalue weighted by molar-refractivity contribution is 0.0601. The predicted octanol–water partition coefficient (Wildman–Crippen LogP) is 2.70. The number of nitrogens with zero attached hydrogens (tertiary/aromatic N) is 4. The molecule has 2 aromatic rings. The van der Waals surface area contributed by atoms with Crippen LogP contribution in [0.3, 0.4) is 0 Å². The third-order valence-electron chi connectivity index (χ3n) is 5.80. The molecular formula is C19H24ClN5O. The van der Waals surface area contributed by atoms with Crippen LogP contribution in [0.25, 0.3) is 5.69 Å². The second kappa shape index (κ2) is 7.00. The zero-order valence-electron chi connectivity index (χ0n) is 15.0. The lowest BCUT2D eigenvalue weighted by atomic mass is 9.78. The van der Waals surface area contributed by atoms with E-state index < -0.39 is 0 Å². The molecule has 1 aromatic carbocycles. The van der Waals surface area contributed by atoms with Crippen molar-refractivity contribution in [2.45, 2.75) is 32.6 Å². The van der Waals surface area contributed by atoms with Gasteiger partial charge in [0.2, 0.25) is 0 Å². The maximum Gasteiger partial charge on any atom is 0.276 e. The molecule has 0 atom stereocenters. The van der Waals surface area contributed by atoms with Crippen LogP contribution < -0.4 is 5.32 Å². The summed E-state index contributed by atoms with van der Waals surface area (Å²) in [6.45, 7) is 5.80. The Morgan fingerprint density at radius 1 is 1.31 bits per heavy atom. The van der Waals surface area contributed by atoms with Gasteiger partial charge in [-0.15, -0.1) is 5.10 Å². The highest BCUT2D eigenvalue weighted by molar-refractivity contribution is 6.30. The molecule has 2 saturated heterocycles. The van der Waals surface area contributed by atoms with Gasteiger partial charge in [-0.2, -0.15) is 0 Å². The highest BCUT2D eigenvalue weighted by Crippen LogP contribution is 2.37. The molecule has 3 heterocycles. The molecular weight excluding hydrogens is 350 g/mol. The number of aromatic nitrogens is 3. The molecule has 0 radical (unpaired) electrons. The van der Waals surface area contributed by atoms with Gasteiger partial charge in [0.05, 0.1) is 11.4 Å². The number of hydrogen-bond acceptors (Lipinski definition) is 4. The number of halogens is 1. The second-order valence-corrected chi connectivity index (χ2v) is 7.79. The van der Waals surface area contributed by atoms with E-state index in [9.17, 15) is 4.79 Å². The molecule has 0 aliphatic carbocycles. The second-order valence-electron chi connectivity index (χ2n) is 7.35. The largest absolute Gasteiger partial charge is 0.337 e. The molecule has 138 valence electrons. The highest BCUT2D eigenvalue weighted by Gasteiger charge is 2.39. The summed E-state index contributed by atoms with van der Waals surface area (Å²) in [6, 6.07) is 7.45. The maximum atomic E-state index is 13.1. The van der Waals surface area contributed by atoms with Crippen molar-refractivity contribution in [3.63, 3.8) is 0 Å². The van der Waals surface area contributed by atoms with E-state index in [1.54, 1.807) is 4.68 Å². The van der Waals surface area contributed by atoms with Crippen molar-refractivity contribution in [1.29, 1.82) is 0 Å². The van der Waals surface area contributed by atoms with Gasteiger partial charge in [-0.25, -0.2) is 4.68 Å². The van der Waals surface area contributed by atoms with E-state index in [0.29, 0.717) is 22.6 Å². The third-order valence-corrected chi connectivity index (χ3v) is 6.03. The lowest BCUT2D eigenvalue weighted by Gasteiger charge is -2.38. The average molecular weight is 374 g/mol. The molecule has 0 bridgehead atoms. The van der Waals surface area contributed by atoms with Crippen molar-refractivity contribution in [3.05, 3.63) is 40.7 Å². The van der Waals surface area contributed by atoms with Crippen molar-refractivity contribution in [2.24, 2.45) is 5.41 Å². The maximum absolute atomic E-state index is 13.1. The summed E-state index contributed by atoms with van der Waals surface area (Å²) >= 11 is 6.10. The van der Waals surface area contributed by atoms with Crippen LogP contribution in [0.4, 0.5) is 0 Å². The van der Waals surface area contributed by atoms with Crippen LogP contribution in [0.5, 0.6) is 0 Å². The van der Waals surface area contributed by atoms with Crippen LogP contribution in [-0.4, -0.2) is 52.0 Å². The zero-order chi connectivity index (χ0) is 18.1. The Bertz CT molecular complexity index is 802. The fraction of sp³-hybridized carbons (Fsp3) is 0.526. The topological polar surface area (TPSA) is 63.1 Å². The van der Waals surface area contributed by atoms with Crippen molar-refractivity contribution in [1.82, 2.24) is 25.2 Å². The van der Waals surface area contributed by atoms with Crippen LogP contribution in [0.15, 0.2) is 24.3 Å². The van der Waals surface area contributed by atoms with Crippen LogP contribution in [0.1, 0.15) is 42.4 Å². The normalized spacial score (nSPS) is 19.2. The minimum absolute atomic E-state index is 0.00376. The average Bonchev–Trinajstić information content (AvgIpc) is 3.29. The highest BCUT2D eigenvalue weighted by atomic mass is 35.5. The molecule has 1 aromatic heterocycles. The number of carbonyl (C=O) groups is 1. The summed E-state index contributed by atoms with van der Waals surface area (Å²) in [7, 11) is 0. The number of benzene rings is 1. The molecule has 0 unspecified atom stereocenters. The molecule has 4 rings (SSSR count). The first-order chi connectivity index (χ1) is 12.6. The molecule has 7 heteroatoms. The number of nitrogens with one attached hydrogen (secondary N) is 1. The fourth-order valence-corrected chi connectivity index (χ4v) is 4.34. The number of hydrogen-bond donors (Lipinski definition) is 1. The number of likely N-dealkylation sites (tertiary alicyclic amines) is 1. The minimum atomic E-state index is -0.00376. The first-order valence-electron chi connectivity index (χ1n) is 9.32. The monoisotopic (exact) mass is 373 g/mol. The Hall–Kier alpha value is -1.92. The molecule has 6 nitrogen and oxygen atoms in total. The number of rotatable bonds is 3. The van der Waals surface area contributed by atoms with Gasteiger partial charge in [0.15, 0.2) is 5.69 Å². The first kappa shape index (κ1) is 17.5. The molecule has 26 heavy (non-hydrogen) atoms. The van der Waals surface area contributed by atoms with Gasteiger partial charge in [-0.1, -0.05) is 29.8 Å². The van der Waals surface area contributed by atoms with Crippen LogP contribution >= 0.6 is 11.6 Å². The van der Waals surface area contributed by atoms with Crippen molar-refractivity contribution < 1.29 is 4.79 Å². The molecule has 1 amide bonds. The van der Waals surface area contributed by atoms with E-state index in [0.717, 1.165) is 50.4 Å². The third kappa shape index (κ3) is 3.12. The first-order valence-corrected chi connectivity index (χ1v) is 9.70. The Balaban J connectivity index is 1.55. The smallest absolute Gasteiger partial charge is 0.276 e. The van der Waals surface area contributed by atoms with Gasteiger partial charge >= 0.3 is 0 Å². The molecule has 0 saturated carbocycles. The summed E-state index contributed by atoms with van der Waals surface area (Å²) in [4.78, 5) is 15.0. The van der Waals surface area contributed by atoms with E-state index in [-0.39, 0.29) is 5.91 Å². The number of carbonyl (C=O) groups excluding carboxylic acids is 1. The molecule has 2 aliphatic heterocycles. The van der Waals surface area contributed by atoms with Gasteiger partial charge in [-0.3, -0.25) is 4.79 Å². The van der Waals surface area contributed by atoms with Crippen molar-refractivity contribution in [2.75, 3.05) is 26.2 Å². The molecule has 2 fully saturated rings. The van der Waals surface area contributed by atoms with Gasteiger partial charge in [-0.05, 0) is 55.8 Å².